The Morgan fingerprint density at radius 3 is 2.62 bits per heavy atom. The lowest BCUT2D eigenvalue weighted by atomic mass is 10.3. The first-order chi connectivity index (χ1) is 13.7. The molecule has 9 nitrogen and oxygen atoms in total. The van der Waals surface area contributed by atoms with E-state index in [1.54, 1.807) is 12.1 Å². The molecule has 1 saturated heterocycles. The van der Waals surface area contributed by atoms with E-state index < -0.39 is 29.1 Å². The molecular weight excluding hydrogens is 410 g/mol. The molecule has 1 aromatic carbocycles. The van der Waals surface area contributed by atoms with Crippen molar-refractivity contribution in [3.05, 3.63) is 47.8 Å². The number of hydrogen-bond donors (Lipinski definition) is 3. The lowest BCUT2D eigenvalue weighted by molar-refractivity contribution is -0.118. The van der Waals surface area contributed by atoms with Crippen LogP contribution in [0.25, 0.3) is 0 Å². The van der Waals surface area contributed by atoms with Gasteiger partial charge >= 0.3 is 6.03 Å². The Balaban J connectivity index is 1.59. The number of carbonyl (C=O) groups is 2. The molecule has 1 fully saturated rings. The van der Waals surface area contributed by atoms with Gasteiger partial charge in [-0.2, -0.15) is 0 Å². The highest BCUT2D eigenvalue weighted by Crippen LogP contribution is 2.18. The number of rotatable bonds is 9. The van der Waals surface area contributed by atoms with Crippen molar-refractivity contribution >= 4 is 22.0 Å². The molecule has 0 spiro atoms. The number of sulfonamides is 1. The van der Waals surface area contributed by atoms with Crippen LogP contribution in [0.5, 0.6) is 5.75 Å². The maximum absolute atomic E-state index is 12.4. The molecule has 3 rings (SSSR count). The van der Waals surface area contributed by atoms with Crippen molar-refractivity contribution in [2.45, 2.75) is 24.4 Å². The van der Waals surface area contributed by atoms with Crippen molar-refractivity contribution < 1.29 is 31.5 Å². The van der Waals surface area contributed by atoms with Crippen LogP contribution in [0.2, 0.25) is 0 Å². The maximum atomic E-state index is 12.4. The van der Waals surface area contributed by atoms with E-state index in [1.807, 2.05) is 0 Å². The first-order valence-electron chi connectivity index (χ1n) is 8.49. The van der Waals surface area contributed by atoms with E-state index in [2.05, 4.69) is 15.0 Å². The average molecular weight is 428 g/mol. The van der Waals surface area contributed by atoms with E-state index in [-0.39, 0.29) is 36.2 Å². The van der Waals surface area contributed by atoms with Crippen LogP contribution in [-0.4, -0.2) is 49.8 Å². The summed E-state index contributed by atoms with van der Waals surface area (Å²) in [5.41, 5.74) is 1.17. The predicted octanol–water partition coefficient (Wildman–Crippen LogP) is 1.19. The van der Waals surface area contributed by atoms with Crippen molar-refractivity contribution in [2.75, 3.05) is 13.2 Å². The van der Waals surface area contributed by atoms with Crippen molar-refractivity contribution in [3.63, 3.8) is 0 Å². The van der Waals surface area contributed by atoms with Crippen LogP contribution in [0.1, 0.15) is 11.4 Å². The molecule has 12 heteroatoms. The number of aromatic amines is 1. The number of hydrogen-bond acceptors (Lipinski definition) is 5. The number of ether oxygens (including phenoxy) is 1. The molecule has 1 aliphatic rings. The molecule has 0 bridgehead atoms. The van der Waals surface area contributed by atoms with E-state index in [0.717, 1.165) is 6.07 Å². The van der Waals surface area contributed by atoms with E-state index in [9.17, 15) is 26.8 Å². The van der Waals surface area contributed by atoms with E-state index in [0.29, 0.717) is 11.4 Å². The molecule has 0 unspecified atom stereocenters. The number of alkyl halides is 2. The number of H-pyrrole nitrogens is 1. The fourth-order valence-corrected chi connectivity index (χ4v) is 3.69. The minimum Gasteiger partial charge on any atom is -0.488 e. The molecule has 2 aromatic rings. The van der Waals surface area contributed by atoms with Crippen LogP contribution in [0.4, 0.5) is 13.6 Å². The Kier molecular flexibility index (Phi) is 6.13. The molecule has 0 saturated carbocycles. The van der Waals surface area contributed by atoms with Crippen molar-refractivity contribution in [2.24, 2.45) is 0 Å². The molecule has 0 aliphatic carbocycles. The Morgan fingerprint density at radius 2 is 1.93 bits per heavy atom. The summed E-state index contributed by atoms with van der Waals surface area (Å²) < 4.78 is 56.6. The summed E-state index contributed by atoms with van der Waals surface area (Å²) in [5.74, 6) is -0.358. The molecule has 0 atom stereocenters. The van der Waals surface area contributed by atoms with Gasteiger partial charge in [0.2, 0.25) is 15.9 Å². The average Bonchev–Trinajstić information content (AvgIpc) is 3.24. The second kappa shape index (κ2) is 8.57. The predicted molar refractivity (Wildman–Crippen MR) is 96.7 cm³/mol. The molecule has 1 aromatic heterocycles. The zero-order valence-electron chi connectivity index (χ0n) is 15.0. The van der Waals surface area contributed by atoms with Gasteiger partial charge in [-0.25, -0.2) is 26.7 Å². The minimum atomic E-state index is -3.91. The Labute approximate surface area is 165 Å². The van der Waals surface area contributed by atoms with Gasteiger partial charge in [0, 0.05) is 17.5 Å². The molecule has 2 heterocycles. The minimum absolute atomic E-state index is 0.0220. The Hall–Kier alpha value is -2.99. The smallest absolute Gasteiger partial charge is 0.324 e. The van der Waals surface area contributed by atoms with Crippen LogP contribution in [0.3, 0.4) is 0 Å². The summed E-state index contributed by atoms with van der Waals surface area (Å²) in [4.78, 5) is 26.9. The van der Waals surface area contributed by atoms with Crippen molar-refractivity contribution in [1.29, 1.82) is 0 Å². The third-order valence-corrected chi connectivity index (χ3v) is 5.38. The molecular formula is C17H18F2N4O5S. The highest BCUT2D eigenvalue weighted by Gasteiger charge is 2.26. The largest absolute Gasteiger partial charge is 0.488 e. The second-order valence-corrected chi connectivity index (χ2v) is 7.99. The number of imide groups is 1. The zero-order valence-corrected chi connectivity index (χ0v) is 15.8. The van der Waals surface area contributed by atoms with Gasteiger partial charge in [-0.05, 0) is 24.3 Å². The SMILES string of the molecule is O=C1CN(Cc2ccc(CNS(=O)(=O)c3cccc(OCC(F)F)c3)[nH]2)C(=O)N1. The summed E-state index contributed by atoms with van der Waals surface area (Å²) in [6.07, 6.45) is -2.67. The van der Waals surface area contributed by atoms with E-state index in [1.165, 1.54) is 23.1 Å². The Morgan fingerprint density at radius 1 is 1.17 bits per heavy atom. The first-order valence-corrected chi connectivity index (χ1v) is 9.97. The summed E-state index contributed by atoms with van der Waals surface area (Å²) >= 11 is 0. The Bertz CT molecular complexity index is 1010. The topological polar surface area (TPSA) is 121 Å². The lowest BCUT2D eigenvalue weighted by Gasteiger charge is -2.11. The van der Waals surface area contributed by atoms with E-state index >= 15 is 0 Å². The quantitative estimate of drug-likeness (QED) is 0.518. The van der Waals surface area contributed by atoms with Crippen molar-refractivity contribution in [1.82, 2.24) is 19.9 Å². The van der Waals surface area contributed by atoms with Gasteiger partial charge < -0.3 is 14.6 Å². The number of aromatic nitrogens is 1. The lowest BCUT2D eigenvalue weighted by Crippen LogP contribution is -2.28. The maximum Gasteiger partial charge on any atom is 0.324 e. The molecule has 0 radical (unpaired) electrons. The number of amides is 3. The van der Waals surface area contributed by atoms with Crippen LogP contribution in [0.15, 0.2) is 41.3 Å². The van der Waals surface area contributed by atoms with Gasteiger partial charge in [0.05, 0.1) is 18.0 Å². The number of urea groups is 1. The normalized spacial score (nSPS) is 14.5. The summed E-state index contributed by atoms with van der Waals surface area (Å²) in [7, 11) is -3.91. The van der Waals surface area contributed by atoms with Gasteiger partial charge in [-0.3, -0.25) is 10.1 Å². The third-order valence-electron chi connectivity index (χ3n) is 3.98. The fraction of sp³-hybridized carbons (Fsp3) is 0.294. The number of halogens is 2. The molecule has 3 amide bonds. The van der Waals surface area contributed by atoms with Gasteiger partial charge in [0.25, 0.3) is 6.43 Å². The molecule has 29 heavy (non-hydrogen) atoms. The fourth-order valence-electron chi connectivity index (χ4n) is 2.65. The zero-order chi connectivity index (χ0) is 21.0. The van der Waals surface area contributed by atoms with Crippen LogP contribution >= 0.6 is 0 Å². The molecule has 156 valence electrons. The molecule has 1 aliphatic heterocycles. The highest BCUT2D eigenvalue weighted by molar-refractivity contribution is 7.89. The number of nitrogens with one attached hydrogen (secondary N) is 3. The number of carbonyl (C=O) groups excluding carboxylic acids is 2. The second-order valence-electron chi connectivity index (χ2n) is 6.22. The van der Waals surface area contributed by atoms with Crippen LogP contribution in [-0.2, 0) is 27.9 Å². The summed E-state index contributed by atoms with van der Waals surface area (Å²) in [6.45, 7) is -0.754. The van der Waals surface area contributed by atoms with Gasteiger partial charge in [0.1, 0.15) is 18.9 Å². The third kappa shape index (κ3) is 5.51. The number of nitrogens with zero attached hydrogens (tertiary/aromatic N) is 1. The number of benzene rings is 1. The van der Waals surface area contributed by atoms with Crippen LogP contribution in [0, 0.1) is 0 Å². The summed E-state index contributed by atoms with van der Waals surface area (Å²) in [6, 6.07) is 8.10. The summed E-state index contributed by atoms with van der Waals surface area (Å²) in [5, 5.41) is 2.17. The van der Waals surface area contributed by atoms with Gasteiger partial charge in [-0.15, -0.1) is 0 Å². The van der Waals surface area contributed by atoms with Crippen LogP contribution < -0.4 is 14.8 Å². The van der Waals surface area contributed by atoms with Gasteiger partial charge in [-0.1, -0.05) is 6.07 Å². The standard InChI is InChI=1S/C17H18F2N4O5S/c18-15(19)10-28-13-2-1-3-14(6-13)29(26,27)20-7-11-4-5-12(21-11)8-23-9-16(24)22-17(23)25/h1-6,15,20-21H,7-10H2,(H,22,24,25). The molecule has 3 N–H and O–H groups in total. The van der Waals surface area contributed by atoms with Gasteiger partial charge in [0.15, 0.2) is 0 Å². The van der Waals surface area contributed by atoms with E-state index in [4.69, 9.17) is 4.74 Å². The highest BCUT2D eigenvalue weighted by atomic mass is 32.2. The van der Waals surface area contributed by atoms with Crippen molar-refractivity contribution in [3.8, 4) is 5.75 Å². The first kappa shape index (κ1) is 20.7. The monoisotopic (exact) mass is 428 g/mol.